The van der Waals surface area contributed by atoms with Crippen molar-refractivity contribution < 1.29 is 9.59 Å². The van der Waals surface area contributed by atoms with Gasteiger partial charge in [0.05, 0.1) is 5.56 Å². The minimum absolute atomic E-state index is 0.185. The molecule has 2 N–H and O–H groups in total. The van der Waals surface area contributed by atoms with Crippen molar-refractivity contribution in [2.24, 2.45) is 0 Å². The molecule has 2 amide bonds. The summed E-state index contributed by atoms with van der Waals surface area (Å²) in [7, 11) is 3.54. The summed E-state index contributed by atoms with van der Waals surface area (Å²) in [5, 5.41) is 5.71. The van der Waals surface area contributed by atoms with Gasteiger partial charge in [-0.15, -0.1) is 11.3 Å². The lowest BCUT2D eigenvalue weighted by Gasteiger charge is -2.14. The predicted molar refractivity (Wildman–Crippen MR) is 116 cm³/mol. The Kier molecular flexibility index (Phi) is 6.88. The minimum atomic E-state index is -0.282. The maximum Gasteiger partial charge on any atom is 0.268 e. The number of hydrogen-bond acceptors (Lipinski definition) is 4. The van der Waals surface area contributed by atoms with Gasteiger partial charge in [-0.2, -0.15) is 0 Å². The van der Waals surface area contributed by atoms with E-state index in [0.717, 1.165) is 36.8 Å². The van der Waals surface area contributed by atoms with E-state index in [9.17, 15) is 9.59 Å². The number of benzene rings is 1. The van der Waals surface area contributed by atoms with Gasteiger partial charge in [-0.05, 0) is 49.0 Å². The molecular weight excluding hydrogens is 394 g/mol. The maximum absolute atomic E-state index is 12.8. The molecule has 0 aliphatic heterocycles. The van der Waals surface area contributed by atoms with E-state index in [4.69, 9.17) is 11.6 Å². The number of hydrogen-bond donors (Lipinski definition) is 2. The van der Waals surface area contributed by atoms with Crippen LogP contribution < -0.4 is 10.7 Å². The molecular formula is C21H24ClN3O2S. The average molecular weight is 418 g/mol. The smallest absolute Gasteiger partial charge is 0.268 e. The molecule has 0 spiro atoms. The first-order valence-corrected chi connectivity index (χ1v) is 10.5. The molecule has 0 saturated carbocycles. The number of nitrogens with one attached hydrogen (secondary N) is 2. The Hall–Kier alpha value is -2.15. The molecule has 28 heavy (non-hydrogen) atoms. The third-order valence-corrected chi connectivity index (χ3v) is 6.08. The van der Waals surface area contributed by atoms with Gasteiger partial charge in [-0.3, -0.25) is 15.0 Å². The Labute approximate surface area is 174 Å². The summed E-state index contributed by atoms with van der Waals surface area (Å²) in [6.07, 6.45) is 8.28. The van der Waals surface area contributed by atoms with E-state index in [0.29, 0.717) is 15.6 Å². The minimum Gasteiger partial charge on any atom is -0.313 e. The van der Waals surface area contributed by atoms with Gasteiger partial charge in [0, 0.05) is 30.1 Å². The number of amides is 2. The molecule has 1 heterocycles. The number of fused-ring (bicyclic) bond motifs is 1. The maximum atomic E-state index is 12.8. The van der Waals surface area contributed by atoms with E-state index in [1.54, 1.807) is 31.2 Å². The predicted octanol–water partition coefficient (Wildman–Crippen LogP) is 4.53. The van der Waals surface area contributed by atoms with Gasteiger partial charge in [-0.1, -0.05) is 36.2 Å². The third-order valence-electron chi connectivity index (χ3n) is 4.53. The number of carbonyl (C=O) groups is 2. The summed E-state index contributed by atoms with van der Waals surface area (Å²) in [6, 6.07) is 7.33. The van der Waals surface area contributed by atoms with Crippen LogP contribution in [0.1, 0.15) is 45.6 Å². The molecule has 0 fully saturated rings. The van der Waals surface area contributed by atoms with Crippen LogP contribution in [0.3, 0.4) is 0 Å². The van der Waals surface area contributed by atoms with Gasteiger partial charge in [-0.25, -0.2) is 5.01 Å². The van der Waals surface area contributed by atoms with Gasteiger partial charge >= 0.3 is 0 Å². The van der Waals surface area contributed by atoms with E-state index in [-0.39, 0.29) is 11.8 Å². The molecule has 3 rings (SSSR count). The second kappa shape index (κ2) is 9.37. The van der Waals surface area contributed by atoms with E-state index in [2.05, 4.69) is 10.7 Å². The molecule has 7 heteroatoms. The molecule has 0 radical (unpaired) electrons. The molecule has 1 aliphatic carbocycles. The molecule has 0 bridgehead atoms. The van der Waals surface area contributed by atoms with Crippen molar-refractivity contribution in [3.63, 3.8) is 0 Å². The van der Waals surface area contributed by atoms with Crippen LogP contribution in [0.4, 0.5) is 5.00 Å². The van der Waals surface area contributed by atoms with Crippen LogP contribution in [0.15, 0.2) is 30.3 Å². The summed E-state index contributed by atoms with van der Waals surface area (Å²) in [5.74, 6) is -0.468. The highest BCUT2D eigenvalue weighted by molar-refractivity contribution is 7.17. The van der Waals surface area contributed by atoms with Crippen molar-refractivity contribution in [1.82, 2.24) is 10.4 Å². The third kappa shape index (κ3) is 5.01. The number of anilines is 1. The fourth-order valence-electron chi connectivity index (χ4n) is 3.26. The van der Waals surface area contributed by atoms with Gasteiger partial charge in [0.15, 0.2) is 0 Å². The van der Waals surface area contributed by atoms with E-state index < -0.39 is 0 Å². The van der Waals surface area contributed by atoms with Crippen LogP contribution in [0.25, 0.3) is 6.08 Å². The van der Waals surface area contributed by atoms with Crippen molar-refractivity contribution in [1.29, 1.82) is 0 Å². The van der Waals surface area contributed by atoms with E-state index in [1.165, 1.54) is 28.7 Å². The second-order valence-electron chi connectivity index (χ2n) is 6.95. The van der Waals surface area contributed by atoms with Crippen molar-refractivity contribution in [2.45, 2.75) is 32.1 Å². The monoisotopic (exact) mass is 417 g/mol. The highest BCUT2D eigenvalue weighted by Gasteiger charge is 2.25. The lowest BCUT2D eigenvalue weighted by molar-refractivity contribution is -0.111. The molecule has 1 aromatic heterocycles. The molecule has 0 saturated heterocycles. The summed E-state index contributed by atoms with van der Waals surface area (Å²) < 4.78 is 0. The van der Waals surface area contributed by atoms with E-state index >= 15 is 0 Å². The largest absolute Gasteiger partial charge is 0.313 e. The van der Waals surface area contributed by atoms with Crippen LogP contribution in [0, 0.1) is 0 Å². The van der Waals surface area contributed by atoms with Crippen LogP contribution in [0.2, 0.25) is 5.02 Å². The van der Waals surface area contributed by atoms with Gasteiger partial charge in [0.1, 0.15) is 5.00 Å². The van der Waals surface area contributed by atoms with Crippen LogP contribution >= 0.6 is 22.9 Å². The Morgan fingerprint density at radius 3 is 2.64 bits per heavy atom. The zero-order chi connectivity index (χ0) is 20.1. The van der Waals surface area contributed by atoms with Crippen LogP contribution in [0.5, 0.6) is 0 Å². The van der Waals surface area contributed by atoms with Gasteiger partial charge in [0.2, 0.25) is 5.91 Å². The van der Waals surface area contributed by atoms with Crippen molar-refractivity contribution >= 4 is 45.8 Å². The molecule has 0 unspecified atom stereocenters. The number of aryl methyl sites for hydroxylation is 1. The standard InChI is InChI=1S/C21H24ClN3O2S/c1-25(2)24-20(27)19-15-9-4-3-5-11-17(15)28-21(19)23-18(26)13-12-14-8-6-7-10-16(14)22/h6-8,10,12-13H,3-5,9,11H2,1-2H3,(H,23,26)(H,24,27)/b13-12+. The Morgan fingerprint density at radius 1 is 1.14 bits per heavy atom. The summed E-state index contributed by atoms with van der Waals surface area (Å²) in [4.78, 5) is 26.5. The van der Waals surface area contributed by atoms with Crippen LogP contribution in [-0.2, 0) is 17.6 Å². The molecule has 1 aromatic carbocycles. The quantitative estimate of drug-likeness (QED) is 0.427. The topological polar surface area (TPSA) is 61.4 Å². The lowest BCUT2D eigenvalue weighted by atomic mass is 10.1. The number of carbonyl (C=O) groups excluding carboxylic acids is 2. The molecule has 1 aliphatic rings. The van der Waals surface area contributed by atoms with Gasteiger partial charge < -0.3 is 5.32 Å². The molecule has 148 valence electrons. The summed E-state index contributed by atoms with van der Waals surface area (Å²) in [6.45, 7) is 0. The Balaban J connectivity index is 1.85. The fourth-order valence-corrected chi connectivity index (χ4v) is 4.75. The first kappa shape index (κ1) is 20.6. The Bertz CT molecular complexity index is 905. The highest BCUT2D eigenvalue weighted by atomic mass is 35.5. The van der Waals surface area contributed by atoms with E-state index in [1.807, 2.05) is 18.2 Å². The normalized spacial score (nSPS) is 14.0. The van der Waals surface area contributed by atoms with Crippen LogP contribution in [-0.4, -0.2) is 30.9 Å². The number of thiophene rings is 1. The molecule has 5 nitrogen and oxygen atoms in total. The Morgan fingerprint density at radius 2 is 1.89 bits per heavy atom. The number of halogens is 1. The highest BCUT2D eigenvalue weighted by Crippen LogP contribution is 2.37. The lowest BCUT2D eigenvalue weighted by Crippen LogP contribution is -2.36. The fraction of sp³-hybridized carbons (Fsp3) is 0.333. The SMILES string of the molecule is CN(C)NC(=O)c1c(NC(=O)/C=C/c2ccccc2Cl)sc2c1CCCCC2. The summed E-state index contributed by atoms with van der Waals surface area (Å²) in [5.41, 5.74) is 5.25. The average Bonchev–Trinajstić information content (AvgIpc) is 2.81. The first-order chi connectivity index (χ1) is 13.5. The van der Waals surface area contributed by atoms with Crippen molar-refractivity contribution in [2.75, 3.05) is 19.4 Å². The van der Waals surface area contributed by atoms with Gasteiger partial charge in [0.25, 0.3) is 5.91 Å². The zero-order valence-electron chi connectivity index (χ0n) is 16.0. The zero-order valence-corrected chi connectivity index (χ0v) is 17.6. The number of hydrazine groups is 1. The first-order valence-electron chi connectivity index (χ1n) is 9.32. The molecule has 0 atom stereocenters. The van der Waals surface area contributed by atoms with Crippen molar-refractivity contribution in [3.8, 4) is 0 Å². The second-order valence-corrected chi connectivity index (χ2v) is 8.46. The number of nitrogens with zero attached hydrogens (tertiary/aromatic N) is 1. The summed E-state index contributed by atoms with van der Waals surface area (Å²) >= 11 is 7.64. The molecule has 2 aromatic rings. The number of rotatable bonds is 5. The van der Waals surface area contributed by atoms with Crippen molar-refractivity contribution in [3.05, 3.63) is 56.9 Å².